The lowest BCUT2D eigenvalue weighted by molar-refractivity contribution is 1.43. The van der Waals surface area contributed by atoms with Gasteiger partial charge in [0.2, 0.25) is 0 Å². The van der Waals surface area contributed by atoms with E-state index in [0.717, 1.165) is 0 Å². The molecule has 0 spiro atoms. The predicted molar refractivity (Wildman–Crippen MR) is 69.6 cm³/mol. The zero-order chi connectivity index (χ0) is 11.1. The van der Waals surface area contributed by atoms with Gasteiger partial charge in [-0.2, -0.15) is 0 Å². The number of hydrogen-bond acceptors (Lipinski definition) is 0. The quantitative estimate of drug-likeness (QED) is 0.626. The van der Waals surface area contributed by atoms with Crippen molar-refractivity contribution in [3.63, 3.8) is 0 Å². The Balaban J connectivity index is 3.04. The third-order valence-electron chi connectivity index (χ3n) is 2.14. The lowest BCUT2D eigenvalue weighted by Gasteiger charge is -2.01. The molecule has 0 heteroatoms. The average molecular weight is 196 g/mol. The molecule has 1 rings (SSSR count). The first-order chi connectivity index (χ1) is 7.27. The van der Waals surface area contributed by atoms with Gasteiger partial charge in [0.05, 0.1) is 0 Å². The van der Waals surface area contributed by atoms with Crippen molar-refractivity contribution in [3.8, 4) is 0 Å². The number of rotatable bonds is 4. The summed E-state index contributed by atoms with van der Waals surface area (Å²) in [5, 5.41) is 0. The van der Waals surface area contributed by atoms with E-state index in [2.05, 4.69) is 44.4 Å². The van der Waals surface area contributed by atoms with Gasteiger partial charge < -0.3 is 0 Å². The lowest BCUT2D eigenvalue weighted by Crippen LogP contribution is -1.81. The topological polar surface area (TPSA) is 0 Å². The maximum absolute atomic E-state index is 3.66. The summed E-state index contributed by atoms with van der Waals surface area (Å²) in [5.74, 6) is 0. The zero-order valence-corrected chi connectivity index (χ0v) is 9.11. The van der Waals surface area contributed by atoms with Crippen molar-refractivity contribution in [1.29, 1.82) is 0 Å². The molecular weight excluding hydrogens is 180 g/mol. The van der Waals surface area contributed by atoms with Crippen LogP contribution in [0.4, 0.5) is 0 Å². The fourth-order valence-electron chi connectivity index (χ4n) is 1.29. The van der Waals surface area contributed by atoms with E-state index >= 15 is 0 Å². The summed E-state index contributed by atoms with van der Waals surface area (Å²) in [4.78, 5) is 0. The van der Waals surface area contributed by atoms with Crippen LogP contribution >= 0.6 is 0 Å². The molecule has 0 aromatic heterocycles. The maximum Gasteiger partial charge on any atom is -0.0221 e. The standard InChI is InChI=1S/C15H16/c1-4-6-8-14-11-10-13(3)15(12-14)9-7-5-2/h4-12H,1-2H2,3H3/b8-6-,9-7-. The molecule has 0 saturated carbocycles. The lowest BCUT2D eigenvalue weighted by atomic mass is 10.0. The third-order valence-corrected chi connectivity index (χ3v) is 2.14. The van der Waals surface area contributed by atoms with Gasteiger partial charge >= 0.3 is 0 Å². The summed E-state index contributed by atoms with van der Waals surface area (Å²) in [5.41, 5.74) is 3.68. The fraction of sp³-hybridized carbons (Fsp3) is 0.0667. The van der Waals surface area contributed by atoms with Crippen LogP contribution in [0.1, 0.15) is 16.7 Å². The number of hydrogen-bond donors (Lipinski definition) is 0. The highest BCUT2D eigenvalue weighted by Crippen LogP contribution is 2.14. The minimum atomic E-state index is 1.18. The van der Waals surface area contributed by atoms with E-state index in [1.54, 1.807) is 12.2 Å². The molecule has 0 amide bonds. The number of aryl methyl sites for hydroxylation is 1. The Morgan fingerprint density at radius 1 is 1.00 bits per heavy atom. The van der Waals surface area contributed by atoms with E-state index in [1.165, 1.54) is 16.7 Å². The van der Waals surface area contributed by atoms with Gasteiger partial charge in [-0.15, -0.1) is 0 Å². The van der Waals surface area contributed by atoms with Gasteiger partial charge in [0, 0.05) is 0 Å². The maximum atomic E-state index is 3.66. The minimum Gasteiger partial charge on any atom is -0.0991 e. The van der Waals surface area contributed by atoms with Gasteiger partial charge in [0.25, 0.3) is 0 Å². The summed E-state index contributed by atoms with van der Waals surface area (Å²) in [7, 11) is 0. The smallest absolute Gasteiger partial charge is 0.0221 e. The van der Waals surface area contributed by atoms with E-state index in [4.69, 9.17) is 0 Å². The molecule has 0 atom stereocenters. The first-order valence-corrected chi connectivity index (χ1v) is 4.97. The van der Waals surface area contributed by atoms with Crippen molar-refractivity contribution >= 4 is 12.2 Å². The van der Waals surface area contributed by atoms with Gasteiger partial charge in [-0.1, -0.05) is 61.7 Å². The van der Waals surface area contributed by atoms with Crippen molar-refractivity contribution in [1.82, 2.24) is 0 Å². The van der Waals surface area contributed by atoms with Crippen LogP contribution in [0.25, 0.3) is 12.2 Å². The molecule has 0 fully saturated rings. The van der Waals surface area contributed by atoms with Crippen molar-refractivity contribution < 1.29 is 0 Å². The fourth-order valence-corrected chi connectivity index (χ4v) is 1.29. The molecule has 0 radical (unpaired) electrons. The first-order valence-electron chi connectivity index (χ1n) is 4.97. The molecule has 0 N–H and O–H groups in total. The molecule has 1 aromatic carbocycles. The largest absolute Gasteiger partial charge is 0.0991 e. The van der Waals surface area contributed by atoms with Crippen molar-refractivity contribution in [2.45, 2.75) is 6.92 Å². The molecule has 0 aliphatic carbocycles. The highest BCUT2D eigenvalue weighted by atomic mass is 14.0. The molecule has 1 aromatic rings. The zero-order valence-electron chi connectivity index (χ0n) is 9.11. The Morgan fingerprint density at radius 2 is 1.67 bits per heavy atom. The molecular formula is C15H16. The molecule has 0 nitrogen and oxygen atoms in total. The molecule has 0 aliphatic heterocycles. The van der Waals surface area contributed by atoms with Crippen molar-refractivity contribution in [2.24, 2.45) is 0 Å². The monoisotopic (exact) mass is 196 g/mol. The summed E-state index contributed by atoms with van der Waals surface area (Å²) >= 11 is 0. The predicted octanol–water partition coefficient (Wildman–Crippen LogP) is 4.39. The molecule has 0 aliphatic rings. The van der Waals surface area contributed by atoms with E-state index in [0.29, 0.717) is 0 Å². The summed E-state index contributed by atoms with van der Waals surface area (Å²) in [6.07, 6.45) is 11.5. The van der Waals surface area contributed by atoms with Crippen LogP contribution < -0.4 is 0 Å². The Hall–Kier alpha value is -1.82. The summed E-state index contributed by atoms with van der Waals surface area (Å²) in [6.45, 7) is 9.42. The van der Waals surface area contributed by atoms with Crippen LogP contribution in [0, 0.1) is 6.92 Å². The second-order valence-electron chi connectivity index (χ2n) is 3.31. The highest BCUT2D eigenvalue weighted by molar-refractivity contribution is 5.61. The second kappa shape index (κ2) is 5.82. The van der Waals surface area contributed by atoms with Crippen LogP contribution in [0.15, 0.2) is 55.7 Å². The van der Waals surface area contributed by atoms with Crippen LogP contribution in [0.3, 0.4) is 0 Å². The molecule has 76 valence electrons. The Bertz CT molecular complexity index is 406. The van der Waals surface area contributed by atoms with E-state index in [9.17, 15) is 0 Å². The highest BCUT2D eigenvalue weighted by Gasteiger charge is 1.94. The van der Waals surface area contributed by atoms with Crippen LogP contribution in [-0.2, 0) is 0 Å². The van der Waals surface area contributed by atoms with E-state index in [-0.39, 0.29) is 0 Å². The van der Waals surface area contributed by atoms with Crippen LogP contribution in [0.2, 0.25) is 0 Å². The van der Waals surface area contributed by atoms with Gasteiger partial charge in [-0.05, 0) is 29.7 Å². The van der Waals surface area contributed by atoms with Crippen molar-refractivity contribution in [3.05, 3.63) is 72.4 Å². The van der Waals surface area contributed by atoms with Gasteiger partial charge in [-0.25, -0.2) is 0 Å². The third kappa shape index (κ3) is 3.43. The number of benzene rings is 1. The van der Waals surface area contributed by atoms with E-state index in [1.807, 2.05) is 18.2 Å². The summed E-state index contributed by atoms with van der Waals surface area (Å²) in [6, 6.07) is 6.36. The Kier molecular flexibility index (Phi) is 4.36. The molecule has 0 unspecified atom stereocenters. The molecule has 0 saturated heterocycles. The SMILES string of the molecule is C=C/C=C\c1ccc(C)c(/C=C\C=C)c1. The van der Waals surface area contributed by atoms with Crippen LogP contribution in [-0.4, -0.2) is 0 Å². The average Bonchev–Trinajstić information content (AvgIpc) is 2.26. The molecule has 0 heterocycles. The molecule has 0 bridgehead atoms. The second-order valence-corrected chi connectivity index (χ2v) is 3.31. The van der Waals surface area contributed by atoms with E-state index < -0.39 is 0 Å². The van der Waals surface area contributed by atoms with Gasteiger partial charge in [-0.3, -0.25) is 0 Å². The van der Waals surface area contributed by atoms with Gasteiger partial charge in [0.1, 0.15) is 0 Å². The van der Waals surface area contributed by atoms with Crippen LogP contribution in [0.5, 0.6) is 0 Å². The Morgan fingerprint density at radius 3 is 2.33 bits per heavy atom. The molecule has 15 heavy (non-hydrogen) atoms. The summed E-state index contributed by atoms with van der Waals surface area (Å²) < 4.78 is 0. The first kappa shape index (κ1) is 11.3. The minimum absolute atomic E-state index is 1.18. The number of allylic oxidation sites excluding steroid dienone is 4. The normalized spacial score (nSPS) is 11.0. The Labute approximate surface area is 92.0 Å². The van der Waals surface area contributed by atoms with Gasteiger partial charge in [0.15, 0.2) is 0 Å². The van der Waals surface area contributed by atoms with Crippen molar-refractivity contribution in [2.75, 3.05) is 0 Å².